The highest BCUT2D eigenvalue weighted by molar-refractivity contribution is 5.71. The van der Waals surface area contributed by atoms with E-state index in [1.54, 1.807) is 0 Å². The molecule has 12 nitrogen and oxygen atoms in total. The van der Waals surface area contributed by atoms with E-state index in [2.05, 4.69) is 169 Å². The minimum atomic E-state index is -4.94. The Kier molecular flexibility index (Phi) is 15.2. The minimum Gasteiger partial charge on any atom is -0.378 e. The first-order chi connectivity index (χ1) is 21.5. The number of pyridine rings is 2. The molecule has 0 amide bonds. The fourth-order valence-corrected chi connectivity index (χ4v) is 3.84. The Morgan fingerprint density at radius 1 is 0.435 bits per heavy atom. The quantitative estimate of drug-likeness (QED) is 0.157. The highest BCUT2D eigenvalue weighted by Crippen LogP contribution is 2.15. The van der Waals surface area contributed by atoms with E-state index in [1.807, 2.05) is 0 Å². The predicted molar refractivity (Wildman–Crippen MR) is 153 cm³/mol. The first-order valence-electron chi connectivity index (χ1n) is 13.6. The van der Waals surface area contributed by atoms with Crippen molar-refractivity contribution >= 4 is 35.7 Å². The SMILES string of the molecule is CN(C)c1ccc(/C=C/c2cc[n+](CC[n+]3ccc(/C=C/c4ccc(N(C)C)cc4)cc3)cc2)cc1.[O-][Cl+3]([O-])([O-])[O-].[O-][Cl+3]([O-])([O-])[O-]. The molecule has 0 fully saturated rings. The molecule has 0 saturated carbocycles. The zero-order valence-electron chi connectivity index (χ0n) is 25.8. The fraction of sp³-hybridized carbons (Fsp3) is 0.188. The molecular formula is C32H36Cl2N4O8. The number of anilines is 2. The van der Waals surface area contributed by atoms with E-state index in [4.69, 9.17) is 37.3 Å². The predicted octanol–water partition coefficient (Wildman–Crippen LogP) is -4.08. The van der Waals surface area contributed by atoms with Gasteiger partial charge in [0.15, 0.2) is 24.8 Å². The van der Waals surface area contributed by atoms with Gasteiger partial charge in [0.25, 0.3) is 0 Å². The first-order valence-corrected chi connectivity index (χ1v) is 16.1. The molecule has 46 heavy (non-hydrogen) atoms. The summed E-state index contributed by atoms with van der Waals surface area (Å²) in [6.45, 7) is 1.85. The van der Waals surface area contributed by atoms with Crippen LogP contribution in [0.1, 0.15) is 22.3 Å². The van der Waals surface area contributed by atoms with Crippen molar-refractivity contribution in [3.8, 4) is 0 Å². The van der Waals surface area contributed by atoms with Crippen molar-refractivity contribution in [1.29, 1.82) is 0 Å². The van der Waals surface area contributed by atoms with Gasteiger partial charge in [0.1, 0.15) is 0 Å². The van der Waals surface area contributed by atoms with Crippen LogP contribution in [0.25, 0.3) is 24.3 Å². The van der Waals surface area contributed by atoms with Crippen LogP contribution in [0.15, 0.2) is 97.6 Å². The van der Waals surface area contributed by atoms with Crippen molar-refractivity contribution in [2.24, 2.45) is 0 Å². The molecule has 0 aliphatic heterocycles. The molecule has 0 radical (unpaired) electrons. The third kappa shape index (κ3) is 17.5. The van der Waals surface area contributed by atoms with Crippen LogP contribution in [-0.2, 0) is 13.1 Å². The summed E-state index contributed by atoms with van der Waals surface area (Å²) in [5, 5.41) is 0. The topological polar surface area (TPSA) is 199 Å². The lowest BCUT2D eigenvalue weighted by atomic mass is 10.1. The molecule has 0 aliphatic carbocycles. The maximum Gasteiger partial charge on any atom is 0.206 e. The van der Waals surface area contributed by atoms with E-state index < -0.39 is 20.5 Å². The largest absolute Gasteiger partial charge is 0.378 e. The lowest BCUT2D eigenvalue weighted by Crippen LogP contribution is -2.68. The van der Waals surface area contributed by atoms with Gasteiger partial charge in [-0.15, -0.1) is 20.5 Å². The molecule has 0 bridgehead atoms. The van der Waals surface area contributed by atoms with Gasteiger partial charge in [0.2, 0.25) is 13.1 Å². The second-order valence-electron chi connectivity index (χ2n) is 10.1. The summed E-state index contributed by atoms with van der Waals surface area (Å²) in [6, 6.07) is 25.8. The monoisotopic (exact) mass is 674 g/mol. The molecule has 4 rings (SSSR count). The summed E-state index contributed by atoms with van der Waals surface area (Å²) in [4.78, 5) is 4.22. The minimum absolute atomic E-state index is 0.925. The Balaban J connectivity index is 0.000000642. The maximum absolute atomic E-state index is 8.49. The third-order valence-electron chi connectivity index (χ3n) is 6.21. The van der Waals surface area contributed by atoms with Crippen LogP contribution < -0.4 is 56.2 Å². The lowest BCUT2D eigenvalue weighted by molar-refractivity contribution is -2.00. The van der Waals surface area contributed by atoms with Crippen molar-refractivity contribution in [1.82, 2.24) is 0 Å². The standard InChI is InChI=1S/C32H36N4.2ClHO4/c1-33(2)31-13-9-27(10-14-31)5-7-29-17-21-35(22-18-29)25-26-36-23-19-30(20-24-36)8-6-28-11-15-32(16-12-28)34(3)4;2*2-1(3,4)5/h5-24H,25-26H2,1-4H3;2*(H,2,3,4,5)/q+2;;/p-2. The summed E-state index contributed by atoms with van der Waals surface area (Å²) in [5.74, 6) is 0. The highest BCUT2D eigenvalue weighted by Gasteiger charge is 2.06. The van der Waals surface area contributed by atoms with Gasteiger partial charge < -0.3 is 9.80 Å². The molecule has 2 aromatic heterocycles. The maximum atomic E-state index is 8.49. The van der Waals surface area contributed by atoms with Gasteiger partial charge in [-0.2, -0.15) is 9.13 Å². The Morgan fingerprint density at radius 3 is 0.870 bits per heavy atom. The van der Waals surface area contributed by atoms with E-state index in [1.165, 1.54) is 33.6 Å². The van der Waals surface area contributed by atoms with E-state index in [0.717, 1.165) is 13.1 Å². The fourth-order valence-electron chi connectivity index (χ4n) is 3.84. The zero-order chi connectivity index (χ0) is 34.3. The first kappa shape index (κ1) is 38.3. The lowest BCUT2D eigenvalue weighted by Gasteiger charge is -2.17. The number of hydrogen-bond acceptors (Lipinski definition) is 10. The second kappa shape index (κ2) is 18.3. The summed E-state index contributed by atoms with van der Waals surface area (Å²) < 4.78 is 72.4. The van der Waals surface area contributed by atoms with Crippen molar-refractivity contribution < 1.29 is 66.9 Å². The van der Waals surface area contributed by atoms with Crippen molar-refractivity contribution in [3.05, 3.63) is 120 Å². The normalized spacial score (nSPS) is 11.5. The van der Waals surface area contributed by atoms with Gasteiger partial charge in [-0.3, -0.25) is 0 Å². The number of nitrogens with zero attached hydrogens (tertiary/aromatic N) is 4. The van der Waals surface area contributed by atoms with Crippen LogP contribution in [-0.4, -0.2) is 28.2 Å². The number of benzene rings is 2. The zero-order valence-corrected chi connectivity index (χ0v) is 27.3. The van der Waals surface area contributed by atoms with Crippen molar-refractivity contribution in [2.75, 3.05) is 38.0 Å². The molecule has 4 aromatic rings. The summed E-state index contributed by atoms with van der Waals surface area (Å²) in [7, 11) is -1.66. The second-order valence-corrected chi connectivity index (χ2v) is 11.6. The van der Waals surface area contributed by atoms with E-state index in [-0.39, 0.29) is 0 Å². The Morgan fingerprint density at radius 2 is 0.652 bits per heavy atom. The van der Waals surface area contributed by atoms with Crippen LogP contribution >= 0.6 is 0 Å². The average molecular weight is 676 g/mol. The molecule has 0 saturated heterocycles. The average Bonchev–Trinajstić information content (AvgIpc) is 2.98. The molecule has 0 atom stereocenters. The van der Waals surface area contributed by atoms with E-state index in [9.17, 15) is 0 Å². The van der Waals surface area contributed by atoms with Crippen LogP contribution in [0.4, 0.5) is 11.4 Å². The summed E-state index contributed by atoms with van der Waals surface area (Å²) in [5.41, 5.74) is 7.22. The number of hydrogen-bond donors (Lipinski definition) is 0. The summed E-state index contributed by atoms with van der Waals surface area (Å²) >= 11 is 0. The molecular weight excluding hydrogens is 639 g/mol. The third-order valence-corrected chi connectivity index (χ3v) is 6.21. The highest BCUT2D eigenvalue weighted by atomic mass is 35.7. The van der Waals surface area contributed by atoms with Crippen LogP contribution in [0.2, 0.25) is 0 Å². The molecule has 2 heterocycles. The van der Waals surface area contributed by atoms with Crippen molar-refractivity contribution in [2.45, 2.75) is 13.1 Å². The van der Waals surface area contributed by atoms with Crippen molar-refractivity contribution in [3.63, 3.8) is 0 Å². The smallest absolute Gasteiger partial charge is 0.206 e. The number of aryl methyl sites for hydroxylation is 2. The van der Waals surface area contributed by atoms with Gasteiger partial charge >= 0.3 is 0 Å². The van der Waals surface area contributed by atoms with Crippen LogP contribution in [0, 0.1) is 20.5 Å². The number of rotatable bonds is 9. The molecule has 0 aliphatic rings. The Hall–Kier alpha value is -3.92. The van der Waals surface area contributed by atoms with Gasteiger partial charge in [0.05, 0.1) is 0 Å². The van der Waals surface area contributed by atoms with Crippen LogP contribution in [0.3, 0.4) is 0 Å². The van der Waals surface area contributed by atoms with Gasteiger partial charge in [0, 0.05) is 63.8 Å². The molecule has 0 spiro atoms. The van der Waals surface area contributed by atoms with Gasteiger partial charge in [-0.05, 0) is 46.5 Å². The van der Waals surface area contributed by atoms with E-state index >= 15 is 0 Å². The summed E-state index contributed by atoms with van der Waals surface area (Å²) in [6.07, 6.45) is 17.2. The Bertz CT molecular complexity index is 1370. The molecule has 0 N–H and O–H groups in total. The van der Waals surface area contributed by atoms with Gasteiger partial charge in [-0.1, -0.05) is 48.6 Å². The molecule has 2 aromatic carbocycles. The molecule has 246 valence electrons. The molecule has 0 unspecified atom stereocenters. The van der Waals surface area contributed by atoms with E-state index in [0.29, 0.717) is 0 Å². The number of aromatic nitrogens is 2. The van der Waals surface area contributed by atoms with Crippen LogP contribution in [0.5, 0.6) is 0 Å². The Labute approximate surface area is 273 Å². The van der Waals surface area contributed by atoms with Gasteiger partial charge in [-0.25, -0.2) is 37.3 Å². The number of halogens is 2. The molecule has 14 heteroatoms.